The molecule has 0 bridgehead atoms. The lowest BCUT2D eigenvalue weighted by Gasteiger charge is -2.19. The normalized spacial score (nSPS) is 11.1. The number of aryl methyl sites for hydroxylation is 1. The molecular weight excluding hydrogens is 308 g/mol. The molecule has 0 atom stereocenters. The highest BCUT2D eigenvalue weighted by molar-refractivity contribution is 5.89. The molecule has 1 aromatic heterocycles. The fraction of sp³-hybridized carbons (Fsp3) is 0.333. The van der Waals surface area contributed by atoms with E-state index < -0.39 is 17.5 Å². The second kappa shape index (κ2) is 7.21. The van der Waals surface area contributed by atoms with E-state index in [1.165, 1.54) is 12.4 Å². The topological polar surface area (TPSA) is 89.4 Å². The number of aromatic nitrogens is 2. The number of esters is 1. The number of carbonyl (C=O) groups excluding carboxylic acids is 1. The second-order valence-corrected chi connectivity index (χ2v) is 6.39. The van der Waals surface area contributed by atoms with E-state index in [0.29, 0.717) is 17.8 Å². The zero-order valence-electron chi connectivity index (χ0n) is 13.9. The molecule has 0 saturated carbocycles. The Morgan fingerprint density at radius 1 is 1.08 bits per heavy atom. The van der Waals surface area contributed by atoms with Gasteiger partial charge in [0.15, 0.2) is 5.82 Å². The van der Waals surface area contributed by atoms with Crippen LogP contribution in [-0.2, 0) is 16.0 Å². The van der Waals surface area contributed by atoms with Crippen molar-refractivity contribution in [1.29, 1.82) is 0 Å². The van der Waals surface area contributed by atoms with Crippen molar-refractivity contribution >= 4 is 11.9 Å². The van der Waals surface area contributed by atoms with Gasteiger partial charge >= 0.3 is 11.9 Å². The van der Waals surface area contributed by atoms with Crippen LogP contribution >= 0.6 is 0 Å². The summed E-state index contributed by atoms with van der Waals surface area (Å²) < 4.78 is 5.26. The van der Waals surface area contributed by atoms with Crippen molar-refractivity contribution in [3.63, 3.8) is 0 Å². The maximum atomic E-state index is 11.9. The number of benzene rings is 1. The van der Waals surface area contributed by atoms with Gasteiger partial charge < -0.3 is 9.84 Å². The second-order valence-electron chi connectivity index (χ2n) is 6.39. The lowest BCUT2D eigenvalue weighted by molar-refractivity contribution is -0.136. The lowest BCUT2D eigenvalue weighted by atomic mass is 10.1. The van der Waals surface area contributed by atoms with E-state index in [0.717, 1.165) is 11.1 Å². The van der Waals surface area contributed by atoms with Gasteiger partial charge in [-0.15, -0.1) is 0 Å². The SMILES string of the molecule is CC(C)(C)OC(=O)c1cnc(-c2ccc(CCC(=O)O)cc2)nc1. The minimum Gasteiger partial charge on any atom is -0.481 e. The van der Waals surface area contributed by atoms with Crippen molar-refractivity contribution in [1.82, 2.24) is 9.97 Å². The number of nitrogens with zero attached hydrogens (tertiary/aromatic N) is 2. The summed E-state index contributed by atoms with van der Waals surface area (Å²) in [4.78, 5) is 30.9. The Labute approximate surface area is 140 Å². The lowest BCUT2D eigenvalue weighted by Crippen LogP contribution is -2.24. The molecule has 1 heterocycles. The summed E-state index contributed by atoms with van der Waals surface area (Å²) in [5, 5.41) is 8.69. The molecule has 6 heteroatoms. The summed E-state index contributed by atoms with van der Waals surface area (Å²) in [6.45, 7) is 5.39. The third kappa shape index (κ3) is 5.15. The van der Waals surface area contributed by atoms with Gasteiger partial charge in [-0.05, 0) is 32.8 Å². The molecule has 2 rings (SSSR count). The van der Waals surface area contributed by atoms with Crippen LogP contribution in [0.15, 0.2) is 36.7 Å². The Hall–Kier alpha value is -2.76. The third-order valence-corrected chi connectivity index (χ3v) is 3.13. The summed E-state index contributed by atoms with van der Waals surface area (Å²) in [7, 11) is 0. The van der Waals surface area contributed by atoms with E-state index in [1.807, 2.05) is 24.3 Å². The standard InChI is InChI=1S/C18H20N2O4/c1-18(2,3)24-17(23)14-10-19-16(20-11-14)13-7-4-12(5-8-13)6-9-15(21)22/h4-5,7-8,10-11H,6,9H2,1-3H3,(H,21,22). The Balaban J connectivity index is 2.07. The third-order valence-electron chi connectivity index (χ3n) is 3.13. The number of carboxylic acids is 1. The van der Waals surface area contributed by atoms with Crippen molar-refractivity contribution in [2.45, 2.75) is 39.2 Å². The van der Waals surface area contributed by atoms with E-state index in [-0.39, 0.29) is 6.42 Å². The predicted molar refractivity (Wildman–Crippen MR) is 88.6 cm³/mol. The maximum Gasteiger partial charge on any atom is 0.341 e. The minimum atomic E-state index is -0.819. The van der Waals surface area contributed by atoms with Gasteiger partial charge in [0.25, 0.3) is 0 Å². The zero-order valence-corrected chi connectivity index (χ0v) is 13.9. The van der Waals surface area contributed by atoms with Gasteiger partial charge in [-0.1, -0.05) is 24.3 Å². The first-order valence-electron chi connectivity index (χ1n) is 7.61. The Bertz CT molecular complexity index is 716. The van der Waals surface area contributed by atoms with Gasteiger partial charge in [0, 0.05) is 24.4 Å². The molecule has 24 heavy (non-hydrogen) atoms. The molecule has 0 aliphatic rings. The number of carboxylic acid groups (broad SMARTS) is 1. The van der Waals surface area contributed by atoms with E-state index in [2.05, 4.69) is 9.97 Å². The van der Waals surface area contributed by atoms with E-state index in [4.69, 9.17) is 9.84 Å². The Morgan fingerprint density at radius 3 is 2.17 bits per heavy atom. The van der Waals surface area contributed by atoms with Gasteiger partial charge in [0.2, 0.25) is 0 Å². The summed E-state index contributed by atoms with van der Waals surface area (Å²) in [5.74, 6) is -0.787. The number of ether oxygens (including phenoxy) is 1. The predicted octanol–water partition coefficient (Wildman–Crippen LogP) is 3.12. The Kier molecular flexibility index (Phi) is 5.28. The fourth-order valence-corrected chi connectivity index (χ4v) is 1.99. The van der Waals surface area contributed by atoms with E-state index in [1.54, 1.807) is 20.8 Å². The fourth-order valence-electron chi connectivity index (χ4n) is 1.99. The number of carbonyl (C=O) groups is 2. The van der Waals surface area contributed by atoms with Crippen LogP contribution in [0.2, 0.25) is 0 Å². The number of rotatable bonds is 5. The van der Waals surface area contributed by atoms with Gasteiger partial charge in [-0.25, -0.2) is 14.8 Å². The Morgan fingerprint density at radius 2 is 1.67 bits per heavy atom. The summed E-state index contributed by atoms with van der Waals surface area (Å²) in [6, 6.07) is 7.37. The largest absolute Gasteiger partial charge is 0.481 e. The van der Waals surface area contributed by atoms with Gasteiger partial charge in [0.1, 0.15) is 5.60 Å². The number of hydrogen-bond donors (Lipinski definition) is 1. The molecule has 0 radical (unpaired) electrons. The molecule has 0 unspecified atom stereocenters. The number of hydrogen-bond acceptors (Lipinski definition) is 5. The highest BCUT2D eigenvalue weighted by Crippen LogP contribution is 2.17. The van der Waals surface area contributed by atoms with Crippen LogP contribution < -0.4 is 0 Å². The molecule has 2 aromatic rings. The van der Waals surface area contributed by atoms with Crippen molar-refractivity contribution in [3.05, 3.63) is 47.8 Å². The zero-order chi connectivity index (χ0) is 17.7. The van der Waals surface area contributed by atoms with Crippen LogP contribution in [0.1, 0.15) is 43.1 Å². The van der Waals surface area contributed by atoms with E-state index in [9.17, 15) is 9.59 Å². The van der Waals surface area contributed by atoms with Crippen LogP contribution in [-0.4, -0.2) is 32.6 Å². The van der Waals surface area contributed by atoms with Crippen LogP contribution in [0.25, 0.3) is 11.4 Å². The maximum absolute atomic E-state index is 11.9. The van der Waals surface area contributed by atoms with Crippen molar-refractivity contribution in [2.75, 3.05) is 0 Å². The molecule has 1 aromatic carbocycles. The molecule has 6 nitrogen and oxygen atoms in total. The van der Waals surface area contributed by atoms with Crippen LogP contribution in [0.5, 0.6) is 0 Å². The summed E-state index contributed by atoms with van der Waals surface area (Å²) >= 11 is 0. The highest BCUT2D eigenvalue weighted by atomic mass is 16.6. The van der Waals surface area contributed by atoms with Crippen molar-refractivity contribution < 1.29 is 19.4 Å². The van der Waals surface area contributed by atoms with Crippen LogP contribution in [0, 0.1) is 0 Å². The first-order chi connectivity index (χ1) is 11.2. The number of aliphatic carboxylic acids is 1. The molecule has 0 saturated heterocycles. The molecule has 0 aliphatic heterocycles. The molecule has 0 fully saturated rings. The molecule has 1 N–H and O–H groups in total. The molecular formula is C18H20N2O4. The van der Waals surface area contributed by atoms with Gasteiger partial charge in [0.05, 0.1) is 5.56 Å². The molecule has 126 valence electrons. The average molecular weight is 328 g/mol. The van der Waals surface area contributed by atoms with Gasteiger partial charge in [-0.3, -0.25) is 4.79 Å². The summed E-state index contributed by atoms with van der Waals surface area (Å²) in [6.07, 6.45) is 3.46. The average Bonchev–Trinajstić information content (AvgIpc) is 2.52. The molecule has 0 amide bonds. The quantitative estimate of drug-likeness (QED) is 0.848. The highest BCUT2D eigenvalue weighted by Gasteiger charge is 2.18. The van der Waals surface area contributed by atoms with Crippen LogP contribution in [0.3, 0.4) is 0 Å². The summed E-state index contributed by atoms with van der Waals surface area (Å²) in [5.41, 5.74) is 1.46. The van der Waals surface area contributed by atoms with E-state index >= 15 is 0 Å². The molecule has 0 aliphatic carbocycles. The smallest absolute Gasteiger partial charge is 0.341 e. The van der Waals surface area contributed by atoms with Gasteiger partial charge in [-0.2, -0.15) is 0 Å². The molecule has 0 spiro atoms. The first kappa shape index (κ1) is 17.6. The monoisotopic (exact) mass is 328 g/mol. The van der Waals surface area contributed by atoms with Crippen molar-refractivity contribution in [2.24, 2.45) is 0 Å². The van der Waals surface area contributed by atoms with Crippen molar-refractivity contribution in [3.8, 4) is 11.4 Å². The first-order valence-corrected chi connectivity index (χ1v) is 7.61. The van der Waals surface area contributed by atoms with Crippen LogP contribution in [0.4, 0.5) is 0 Å². The minimum absolute atomic E-state index is 0.0977.